The fourth-order valence-electron chi connectivity index (χ4n) is 2.93. The van der Waals surface area contributed by atoms with Gasteiger partial charge in [-0.15, -0.1) is 0 Å². The summed E-state index contributed by atoms with van der Waals surface area (Å²) in [7, 11) is 0. The number of morpholine rings is 2. The normalized spacial score (nSPS) is 23.3. The molecule has 0 radical (unpaired) electrons. The zero-order valence-electron chi connectivity index (χ0n) is 13.6. The maximum Gasteiger partial charge on any atom is 0.0594 e. The molecule has 2 heterocycles. The summed E-state index contributed by atoms with van der Waals surface area (Å²) in [6.45, 7) is 14.3. The second-order valence-electron chi connectivity index (χ2n) is 6.25. The van der Waals surface area contributed by atoms with E-state index < -0.39 is 0 Å². The van der Waals surface area contributed by atoms with Crippen molar-refractivity contribution in [1.82, 2.24) is 9.80 Å². The predicted molar refractivity (Wildman–Crippen MR) is 83.7 cm³/mol. The van der Waals surface area contributed by atoms with Gasteiger partial charge in [-0.05, 0) is 25.3 Å². The van der Waals surface area contributed by atoms with Crippen LogP contribution >= 0.6 is 0 Å². The van der Waals surface area contributed by atoms with Crippen molar-refractivity contribution in [2.75, 3.05) is 78.9 Å². The molecule has 2 aliphatic heterocycles. The van der Waals surface area contributed by atoms with E-state index >= 15 is 0 Å². The number of hydrogen-bond donors (Lipinski definition) is 0. The number of ether oxygens (including phenoxy) is 3. The van der Waals surface area contributed by atoms with Gasteiger partial charge in [-0.2, -0.15) is 0 Å². The topological polar surface area (TPSA) is 34.2 Å². The molecule has 0 saturated carbocycles. The fourth-order valence-corrected chi connectivity index (χ4v) is 2.93. The van der Waals surface area contributed by atoms with Crippen molar-refractivity contribution in [3.8, 4) is 0 Å². The summed E-state index contributed by atoms with van der Waals surface area (Å²) in [5.74, 6) is 0.613. The van der Waals surface area contributed by atoms with E-state index in [0.29, 0.717) is 5.92 Å². The molecule has 5 heteroatoms. The Bertz CT molecular complexity index is 254. The molecule has 0 spiro atoms. The van der Waals surface area contributed by atoms with E-state index in [-0.39, 0.29) is 0 Å². The van der Waals surface area contributed by atoms with Gasteiger partial charge in [0.2, 0.25) is 0 Å². The highest BCUT2D eigenvalue weighted by molar-refractivity contribution is 4.65. The lowest BCUT2D eigenvalue weighted by Crippen LogP contribution is -2.39. The fraction of sp³-hybridized carbons (Fsp3) is 1.00. The van der Waals surface area contributed by atoms with E-state index in [4.69, 9.17) is 14.2 Å². The van der Waals surface area contributed by atoms with Crippen LogP contribution in [0.2, 0.25) is 0 Å². The Morgan fingerprint density at radius 3 is 2.19 bits per heavy atom. The summed E-state index contributed by atoms with van der Waals surface area (Å²) in [6, 6.07) is 0. The Kier molecular flexibility index (Phi) is 8.59. The van der Waals surface area contributed by atoms with E-state index in [1.165, 1.54) is 19.4 Å². The third-order valence-corrected chi connectivity index (χ3v) is 4.19. The van der Waals surface area contributed by atoms with Crippen LogP contribution in [0, 0.1) is 5.92 Å². The molecule has 1 unspecified atom stereocenters. The molecule has 0 bridgehead atoms. The third kappa shape index (κ3) is 7.56. The Hall–Kier alpha value is -0.200. The van der Waals surface area contributed by atoms with Gasteiger partial charge in [0.05, 0.1) is 33.0 Å². The molecule has 0 aromatic rings. The molecule has 2 fully saturated rings. The second kappa shape index (κ2) is 10.5. The minimum atomic E-state index is 0.613. The monoisotopic (exact) mass is 300 g/mol. The van der Waals surface area contributed by atoms with Gasteiger partial charge in [0.15, 0.2) is 0 Å². The highest BCUT2D eigenvalue weighted by atomic mass is 16.5. The zero-order valence-corrected chi connectivity index (χ0v) is 13.6. The van der Waals surface area contributed by atoms with E-state index in [0.717, 1.165) is 72.4 Å². The van der Waals surface area contributed by atoms with Crippen molar-refractivity contribution in [2.24, 2.45) is 5.92 Å². The SMILES string of the molecule is CC(COCCCCN1CCOCC1)CN1CCOCC1. The van der Waals surface area contributed by atoms with Crippen LogP contribution in [0.15, 0.2) is 0 Å². The average molecular weight is 300 g/mol. The highest BCUT2D eigenvalue weighted by Gasteiger charge is 2.13. The lowest BCUT2D eigenvalue weighted by molar-refractivity contribution is 0.0189. The summed E-state index contributed by atoms with van der Waals surface area (Å²) < 4.78 is 16.6. The van der Waals surface area contributed by atoms with Crippen LogP contribution in [0.4, 0.5) is 0 Å². The third-order valence-electron chi connectivity index (χ3n) is 4.19. The molecular formula is C16H32N2O3. The van der Waals surface area contributed by atoms with Gasteiger partial charge in [-0.1, -0.05) is 6.92 Å². The van der Waals surface area contributed by atoms with Crippen LogP contribution < -0.4 is 0 Å². The number of hydrogen-bond acceptors (Lipinski definition) is 5. The Balaban J connectivity index is 1.40. The van der Waals surface area contributed by atoms with Crippen molar-refractivity contribution >= 4 is 0 Å². The lowest BCUT2D eigenvalue weighted by atomic mass is 10.2. The summed E-state index contributed by atoms with van der Waals surface area (Å²) in [4.78, 5) is 4.97. The molecule has 21 heavy (non-hydrogen) atoms. The second-order valence-corrected chi connectivity index (χ2v) is 6.25. The molecule has 0 aromatic carbocycles. The first-order valence-electron chi connectivity index (χ1n) is 8.52. The number of nitrogens with zero attached hydrogens (tertiary/aromatic N) is 2. The van der Waals surface area contributed by atoms with Crippen molar-refractivity contribution in [3.63, 3.8) is 0 Å². The van der Waals surface area contributed by atoms with Crippen molar-refractivity contribution in [1.29, 1.82) is 0 Å². The minimum Gasteiger partial charge on any atom is -0.381 e. The van der Waals surface area contributed by atoms with Gasteiger partial charge >= 0.3 is 0 Å². The number of rotatable bonds is 9. The first kappa shape index (κ1) is 17.2. The van der Waals surface area contributed by atoms with Crippen LogP contribution in [0.1, 0.15) is 19.8 Å². The highest BCUT2D eigenvalue weighted by Crippen LogP contribution is 2.05. The maximum atomic E-state index is 5.83. The standard InChI is InChI=1S/C16H32N2O3/c1-16(14-18-7-12-20-13-8-18)15-21-9-3-2-4-17-5-10-19-11-6-17/h16H,2-15H2,1H3. The average Bonchev–Trinajstić information content (AvgIpc) is 2.53. The van der Waals surface area contributed by atoms with Crippen LogP contribution in [-0.4, -0.2) is 88.7 Å². The molecule has 2 aliphatic rings. The smallest absolute Gasteiger partial charge is 0.0594 e. The van der Waals surface area contributed by atoms with Crippen LogP contribution in [0.3, 0.4) is 0 Å². The lowest BCUT2D eigenvalue weighted by Gasteiger charge is -2.29. The van der Waals surface area contributed by atoms with Gasteiger partial charge in [0.25, 0.3) is 0 Å². The molecule has 0 aromatic heterocycles. The molecule has 1 atom stereocenters. The molecule has 2 rings (SSSR count). The molecule has 2 saturated heterocycles. The first-order chi connectivity index (χ1) is 10.3. The summed E-state index contributed by atoms with van der Waals surface area (Å²) in [5, 5.41) is 0. The Labute approximate surface area is 129 Å². The summed E-state index contributed by atoms with van der Waals surface area (Å²) >= 11 is 0. The van der Waals surface area contributed by atoms with E-state index in [1.54, 1.807) is 0 Å². The Morgan fingerprint density at radius 1 is 0.905 bits per heavy atom. The molecule has 0 N–H and O–H groups in total. The van der Waals surface area contributed by atoms with Gasteiger partial charge in [0.1, 0.15) is 0 Å². The van der Waals surface area contributed by atoms with E-state index in [1.807, 2.05) is 0 Å². The maximum absolute atomic E-state index is 5.83. The largest absolute Gasteiger partial charge is 0.381 e. The van der Waals surface area contributed by atoms with Crippen LogP contribution in [0.5, 0.6) is 0 Å². The van der Waals surface area contributed by atoms with Gasteiger partial charge < -0.3 is 14.2 Å². The van der Waals surface area contributed by atoms with Gasteiger partial charge in [0, 0.05) is 39.3 Å². The molecular weight excluding hydrogens is 268 g/mol. The van der Waals surface area contributed by atoms with Crippen LogP contribution in [0.25, 0.3) is 0 Å². The minimum absolute atomic E-state index is 0.613. The molecule has 0 amide bonds. The van der Waals surface area contributed by atoms with E-state index in [9.17, 15) is 0 Å². The first-order valence-corrected chi connectivity index (χ1v) is 8.52. The van der Waals surface area contributed by atoms with E-state index in [2.05, 4.69) is 16.7 Å². The summed E-state index contributed by atoms with van der Waals surface area (Å²) in [5.41, 5.74) is 0. The quantitative estimate of drug-likeness (QED) is 0.595. The van der Waals surface area contributed by atoms with Crippen LogP contribution in [-0.2, 0) is 14.2 Å². The van der Waals surface area contributed by atoms with Crippen molar-refractivity contribution in [2.45, 2.75) is 19.8 Å². The Morgan fingerprint density at radius 2 is 1.52 bits per heavy atom. The summed E-state index contributed by atoms with van der Waals surface area (Å²) in [6.07, 6.45) is 2.40. The van der Waals surface area contributed by atoms with Crippen molar-refractivity contribution < 1.29 is 14.2 Å². The number of unbranched alkanes of at least 4 members (excludes halogenated alkanes) is 1. The van der Waals surface area contributed by atoms with Crippen molar-refractivity contribution in [3.05, 3.63) is 0 Å². The molecule has 0 aliphatic carbocycles. The molecule has 5 nitrogen and oxygen atoms in total. The van der Waals surface area contributed by atoms with Gasteiger partial charge in [-0.25, -0.2) is 0 Å². The predicted octanol–water partition coefficient (Wildman–Crippen LogP) is 1.08. The molecule has 124 valence electrons. The van der Waals surface area contributed by atoms with Gasteiger partial charge in [-0.3, -0.25) is 9.80 Å². The zero-order chi connectivity index (χ0) is 14.8.